The number of sulfonamides is 1. The number of ketones is 1. The second kappa shape index (κ2) is 7.50. The van der Waals surface area contributed by atoms with Gasteiger partial charge < -0.3 is 14.4 Å². The quantitative estimate of drug-likeness (QED) is 0.723. The fourth-order valence-corrected chi connectivity index (χ4v) is 4.82. The maximum absolute atomic E-state index is 13.0. The Hall–Kier alpha value is -2.49. The number of carbonyl (C=O) groups is 1. The van der Waals surface area contributed by atoms with Gasteiger partial charge in [-0.15, -0.1) is 0 Å². The number of hydrogen-bond donors (Lipinski definition) is 1. The van der Waals surface area contributed by atoms with E-state index in [0.717, 1.165) is 17.0 Å². The first-order chi connectivity index (χ1) is 13.4. The average molecular weight is 407 g/mol. The predicted octanol–water partition coefficient (Wildman–Crippen LogP) is 0.327. The van der Waals surface area contributed by atoms with E-state index in [9.17, 15) is 17.6 Å². The highest BCUT2D eigenvalue weighted by atomic mass is 32.2. The number of rotatable bonds is 5. The topological polar surface area (TPSA) is 77.4 Å². The Labute approximate surface area is 162 Å². The van der Waals surface area contributed by atoms with Gasteiger partial charge in [-0.25, -0.2) is 12.8 Å². The van der Waals surface area contributed by atoms with Crippen molar-refractivity contribution in [1.82, 2.24) is 4.31 Å². The molecule has 2 aromatic rings. The van der Waals surface area contributed by atoms with Crippen molar-refractivity contribution in [3.8, 4) is 11.5 Å². The SMILES string of the molecule is O=C(C[NH+]1CCN(S(=O)(=O)c2ccc(F)cc2)CC1)c1ccc2c(c1)OCO2. The highest BCUT2D eigenvalue weighted by molar-refractivity contribution is 7.89. The molecule has 0 bridgehead atoms. The lowest BCUT2D eigenvalue weighted by atomic mass is 10.1. The van der Waals surface area contributed by atoms with E-state index in [4.69, 9.17) is 9.47 Å². The maximum atomic E-state index is 13.0. The molecule has 1 N–H and O–H groups in total. The van der Waals surface area contributed by atoms with Gasteiger partial charge in [0.2, 0.25) is 22.6 Å². The van der Waals surface area contributed by atoms with E-state index in [2.05, 4.69) is 0 Å². The van der Waals surface area contributed by atoms with Crippen molar-refractivity contribution in [3.63, 3.8) is 0 Å². The van der Waals surface area contributed by atoms with Crippen molar-refractivity contribution >= 4 is 15.8 Å². The van der Waals surface area contributed by atoms with Gasteiger partial charge >= 0.3 is 0 Å². The summed E-state index contributed by atoms with van der Waals surface area (Å²) in [6.07, 6.45) is 0. The third-order valence-corrected chi connectivity index (χ3v) is 6.90. The number of ether oxygens (including phenoxy) is 2. The summed E-state index contributed by atoms with van der Waals surface area (Å²) in [5.74, 6) is 0.693. The molecule has 7 nitrogen and oxygen atoms in total. The van der Waals surface area contributed by atoms with Crippen molar-refractivity contribution in [2.24, 2.45) is 0 Å². The minimum atomic E-state index is -3.65. The second-order valence-corrected chi connectivity index (χ2v) is 8.71. The number of fused-ring (bicyclic) bond motifs is 1. The summed E-state index contributed by atoms with van der Waals surface area (Å²) in [7, 11) is -3.65. The van der Waals surface area contributed by atoms with Crippen LogP contribution in [-0.2, 0) is 10.0 Å². The number of quaternary nitrogens is 1. The molecular weight excluding hydrogens is 387 g/mol. The fraction of sp³-hybridized carbons (Fsp3) is 0.316. The number of nitrogens with zero attached hydrogens (tertiary/aromatic N) is 1. The normalized spacial score (nSPS) is 17.6. The minimum absolute atomic E-state index is 0.0249. The Morgan fingerprint density at radius 3 is 2.43 bits per heavy atom. The Kier molecular flexibility index (Phi) is 5.05. The summed E-state index contributed by atoms with van der Waals surface area (Å²) in [4.78, 5) is 13.7. The number of carbonyl (C=O) groups excluding carboxylic acids is 1. The van der Waals surface area contributed by atoms with E-state index in [1.165, 1.54) is 16.4 Å². The van der Waals surface area contributed by atoms with Gasteiger partial charge in [-0.05, 0) is 42.5 Å². The van der Waals surface area contributed by atoms with Gasteiger partial charge in [-0.2, -0.15) is 4.31 Å². The van der Waals surface area contributed by atoms with Crippen LogP contribution < -0.4 is 14.4 Å². The number of halogens is 1. The molecule has 0 radical (unpaired) electrons. The Morgan fingerprint density at radius 2 is 1.71 bits per heavy atom. The molecule has 0 spiro atoms. The van der Waals surface area contributed by atoms with E-state index in [-0.39, 0.29) is 24.0 Å². The number of benzene rings is 2. The van der Waals surface area contributed by atoms with Crippen LogP contribution in [0.5, 0.6) is 11.5 Å². The fourth-order valence-electron chi connectivity index (χ4n) is 3.37. The molecule has 148 valence electrons. The van der Waals surface area contributed by atoms with Crippen LogP contribution in [0.25, 0.3) is 0 Å². The Balaban J connectivity index is 1.36. The molecule has 0 unspecified atom stereocenters. The molecule has 2 aliphatic heterocycles. The highest BCUT2D eigenvalue weighted by Crippen LogP contribution is 2.32. The molecule has 28 heavy (non-hydrogen) atoms. The van der Waals surface area contributed by atoms with Crippen LogP contribution in [-0.4, -0.2) is 58.0 Å². The minimum Gasteiger partial charge on any atom is -0.454 e. The van der Waals surface area contributed by atoms with Gasteiger partial charge in [0.1, 0.15) is 12.4 Å². The first kappa shape index (κ1) is 18.9. The van der Waals surface area contributed by atoms with Crippen molar-refractivity contribution < 1.29 is 32.0 Å². The monoisotopic (exact) mass is 407 g/mol. The molecule has 2 aromatic carbocycles. The number of Topliss-reactive ketones (excluding diaryl/α,β-unsaturated/α-hetero) is 1. The number of nitrogens with one attached hydrogen (secondary N) is 1. The van der Waals surface area contributed by atoms with Crippen molar-refractivity contribution in [2.45, 2.75) is 4.90 Å². The Morgan fingerprint density at radius 1 is 1.04 bits per heavy atom. The molecular formula is C19H20FN2O5S+. The molecule has 4 rings (SSSR count). The molecule has 1 saturated heterocycles. The zero-order valence-corrected chi connectivity index (χ0v) is 15.9. The van der Waals surface area contributed by atoms with Crippen LogP contribution in [0.3, 0.4) is 0 Å². The highest BCUT2D eigenvalue weighted by Gasteiger charge is 2.31. The van der Waals surface area contributed by atoms with Crippen LogP contribution in [0, 0.1) is 5.82 Å². The lowest BCUT2D eigenvalue weighted by Crippen LogP contribution is -3.15. The van der Waals surface area contributed by atoms with E-state index in [1.807, 2.05) is 0 Å². The molecule has 0 atom stereocenters. The van der Waals surface area contributed by atoms with E-state index in [1.54, 1.807) is 18.2 Å². The maximum Gasteiger partial charge on any atom is 0.243 e. The second-order valence-electron chi connectivity index (χ2n) is 6.78. The van der Waals surface area contributed by atoms with Crippen molar-refractivity contribution in [2.75, 3.05) is 39.5 Å². The zero-order chi connectivity index (χ0) is 19.7. The van der Waals surface area contributed by atoms with E-state index in [0.29, 0.717) is 43.2 Å². The summed E-state index contributed by atoms with van der Waals surface area (Å²) in [5, 5.41) is 0. The van der Waals surface area contributed by atoms with Crippen LogP contribution in [0.4, 0.5) is 4.39 Å². The molecule has 0 aromatic heterocycles. The number of piperazine rings is 1. The summed E-state index contributed by atoms with van der Waals surface area (Å²) in [6.45, 7) is 2.10. The Bertz CT molecular complexity index is 986. The summed E-state index contributed by atoms with van der Waals surface area (Å²) < 4.78 is 50.3. The van der Waals surface area contributed by atoms with Crippen LogP contribution >= 0.6 is 0 Å². The summed E-state index contributed by atoms with van der Waals surface area (Å²) in [6, 6.07) is 9.93. The summed E-state index contributed by atoms with van der Waals surface area (Å²) >= 11 is 0. The van der Waals surface area contributed by atoms with Gasteiger partial charge in [0.15, 0.2) is 11.5 Å². The smallest absolute Gasteiger partial charge is 0.243 e. The van der Waals surface area contributed by atoms with Crippen LogP contribution in [0.1, 0.15) is 10.4 Å². The third-order valence-electron chi connectivity index (χ3n) is 4.99. The molecule has 0 aliphatic carbocycles. The van der Waals surface area contributed by atoms with Gasteiger partial charge in [0.25, 0.3) is 0 Å². The molecule has 9 heteroatoms. The van der Waals surface area contributed by atoms with Gasteiger partial charge in [-0.1, -0.05) is 0 Å². The standard InChI is InChI=1S/C19H19FN2O5S/c20-15-2-4-16(5-3-15)28(24,25)22-9-7-21(8-10-22)12-17(23)14-1-6-18-19(11-14)27-13-26-18/h1-6,11H,7-10,12-13H2/p+1. The molecule has 0 amide bonds. The predicted molar refractivity (Wildman–Crippen MR) is 97.6 cm³/mol. The van der Waals surface area contributed by atoms with Gasteiger partial charge in [-0.3, -0.25) is 4.79 Å². The lowest BCUT2D eigenvalue weighted by Gasteiger charge is -2.31. The van der Waals surface area contributed by atoms with Crippen molar-refractivity contribution in [3.05, 3.63) is 53.8 Å². The lowest BCUT2D eigenvalue weighted by molar-refractivity contribution is -0.895. The van der Waals surface area contributed by atoms with Crippen LogP contribution in [0.2, 0.25) is 0 Å². The first-order valence-corrected chi connectivity index (χ1v) is 10.4. The zero-order valence-electron chi connectivity index (χ0n) is 15.1. The van der Waals surface area contributed by atoms with Gasteiger partial charge in [0, 0.05) is 5.56 Å². The number of hydrogen-bond acceptors (Lipinski definition) is 5. The van der Waals surface area contributed by atoms with Crippen molar-refractivity contribution in [1.29, 1.82) is 0 Å². The molecule has 2 heterocycles. The van der Waals surface area contributed by atoms with E-state index < -0.39 is 15.8 Å². The van der Waals surface area contributed by atoms with Crippen LogP contribution in [0.15, 0.2) is 47.4 Å². The molecule has 1 fully saturated rings. The largest absolute Gasteiger partial charge is 0.454 e. The summed E-state index contributed by atoms with van der Waals surface area (Å²) in [5.41, 5.74) is 0.554. The third kappa shape index (κ3) is 3.73. The van der Waals surface area contributed by atoms with Gasteiger partial charge in [0.05, 0.1) is 31.1 Å². The first-order valence-electron chi connectivity index (χ1n) is 8.95. The average Bonchev–Trinajstić information content (AvgIpc) is 3.16. The molecule has 0 saturated carbocycles. The molecule has 2 aliphatic rings. The van der Waals surface area contributed by atoms with E-state index >= 15 is 0 Å².